The number of carbonyl (C=O) groups excluding carboxylic acids is 1. The zero-order chi connectivity index (χ0) is 19.6. The minimum atomic E-state index is -4.05. The quantitative estimate of drug-likeness (QED) is 0.718. The van der Waals surface area contributed by atoms with Crippen LogP contribution in [0, 0.1) is 0 Å². The number of hydrogen-bond donors (Lipinski definition) is 0. The van der Waals surface area contributed by atoms with E-state index in [2.05, 4.69) is 0 Å². The second kappa shape index (κ2) is 7.51. The van der Waals surface area contributed by atoms with E-state index in [0.29, 0.717) is 0 Å². The highest BCUT2D eigenvalue weighted by molar-refractivity contribution is 7.89. The molecule has 1 aromatic carbocycles. The maximum absolute atomic E-state index is 13.2. The number of halogens is 1. The van der Waals surface area contributed by atoms with Gasteiger partial charge in [-0.25, -0.2) is 8.42 Å². The predicted octanol–water partition coefficient (Wildman–Crippen LogP) is 3.48. The fraction of sp³-hybridized carbons (Fsp3) is 0.588. The summed E-state index contributed by atoms with van der Waals surface area (Å²) in [5, 5.41) is 0.255. The second-order valence-corrected chi connectivity index (χ2v) is 9.83. The van der Waals surface area contributed by atoms with Crippen LogP contribution in [-0.4, -0.2) is 43.5 Å². The van der Waals surface area contributed by atoms with Crippen LogP contribution in [0.2, 0.25) is 5.02 Å². The summed E-state index contributed by atoms with van der Waals surface area (Å²) < 4.78 is 37.9. The maximum Gasteiger partial charge on any atom is 0.321 e. The summed E-state index contributed by atoms with van der Waals surface area (Å²) in [6.07, 6.45) is 0. The van der Waals surface area contributed by atoms with Crippen molar-refractivity contribution in [3.05, 3.63) is 23.2 Å². The maximum atomic E-state index is 13.2. The molecule has 6 nitrogen and oxygen atoms in total. The van der Waals surface area contributed by atoms with E-state index in [9.17, 15) is 13.2 Å². The molecule has 0 atom stereocenters. The number of benzene rings is 1. The van der Waals surface area contributed by atoms with Crippen LogP contribution in [0.1, 0.15) is 41.5 Å². The van der Waals surface area contributed by atoms with E-state index in [0.717, 1.165) is 4.31 Å². The molecule has 0 spiro atoms. The standard InChI is InChI=1S/C17H26ClNO5S/c1-16(2,3)19(11-15(20)24-17(4,5)6)25(21,22)14-10-12(18)8-9-13(14)23-7/h8-10H,11H2,1-7H3. The van der Waals surface area contributed by atoms with Crippen molar-refractivity contribution in [1.82, 2.24) is 4.31 Å². The number of hydrogen-bond acceptors (Lipinski definition) is 5. The van der Waals surface area contributed by atoms with Crippen molar-refractivity contribution >= 4 is 27.6 Å². The summed E-state index contributed by atoms with van der Waals surface area (Å²) in [5.41, 5.74) is -1.57. The Morgan fingerprint density at radius 3 is 2.16 bits per heavy atom. The van der Waals surface area contributed by atoms with Crippen LogP contribution in [0.4, 0.5) is 0 Å². The van der Waals surface area contributed by atoms with Crippen molar-refractivity contribution < 1.29 is 22.7 Å². The minimum Gasteiger partial charge on any atom is -0.495 e. The van der Waals surface area contributed by atoms with E-state index in [1.54, 1.807) is 41.5 Å². The molecule has 0 unspecified atom stereocenters. The van der Waals surface area contributed by atoms with Gasteiger partial charge >= 0.3 is 5.97 Å². The van der Waals surface area contributed by atoms with Crippen molar-refractivity contribution in [2.75, 3.05) is 13.7 Å². The highest BCUT2D eigenvalue weighted by Gasteiger charge is 2.38. The van der Waals surface area contributed by atoms with Crippen LogP contribution in [0.3, 0.4) is 0 Å². The molecule has 0 aliphatic heterocycles. The first-order valence-electron chi connectivity index (χ1n) is 7.77. The van der Waals surface area contributed by atoms with Gasteiger partial charge in [0.1, 0.15) is 22.8 Å². The molecule has 0 amide bonds. The molecule has 0 aliphatic rings. The predicted molar refractivity (Wildman–Crippen MR) is 97.5 cm³/mol. The lowest BCUT2D eigenvalue weighted by Gasteiger charge is -2.34. The Bertz CT molecular complexity index is 732. The monoisotopic (exact) mass is 391 g/mol. The topological polar surface area (TPSA) is 72.9 Å². The van der Waals surface area contributed by atoms with E-state index >= 15 is 0 Å². The molecule has 142 valence electrons. The van der Waals surface area contributed by atoms with Crippen LogP contribution >= 0.6 is 11.6 Å². The van der Waals surface area contributed by atoms with Gasteiger partial charge in [0.25, 0.3) is 0 Å². The summed E-state index contributed by atoms with van der Waals surface area (Å²) in [7, 11) is -2.68. The second-order valence-electron chi connectivity index (χ2n) is 7.56. The largest absolute Gasteiger partial charge is 0.495 e. The van der Waals surface area contributed by atoms with Gasteiger partial charge < -0.3 is 9.47 Å². The fourth-order valence-corrected chi connectivity index (χ4v) is 4.30. The van der Waals surface area contributed by atoms with E-state index in [1.807, 2.05) is 0 Å². The Labute approximate surface area is 155 Å². The van der Waals surface area contributed by atoms with Gasteiger partial charge in [-0.2, -0.15) is 4.31 Å². The third-order valence-corrected chi connectivity index (χ3v) is 5.50. The number of esters is 1. The van der Waals surface area contributed by atoms with Crippen LogP contribution in [0.15, 0.2) is 23.1 Å². The molecule has 25 heavy (non-hydrogen) atoms. The number of carbonyl (C=O) groups is 1. The summed E-state index contributed by atoms with van der Waals surface area (Å²) >= 11 is 5.96. The number of methoxy groups -OCH3 is 1. The molecule has 0 saturated carbocycles. The minimum absolute atomic E-state index is 0.0963. The number of ether oxygens (including phenoxy) is 2. The lowest BCUT2D eigenvalue weighted by Crippen LogP contribution is -2.49. The van der Waals surface area contributed by atoms with Crippen molar-refractivity contribution in [2.24, 2.45) is 0 Å². The van der Waals surface area contributed by atoms with Gasteiger partial charge in [0, 0.05) is 10.6 Å². The Morgan fingerprint density at radius 2 is 1.72 bits per heavy atom. The number of rotatable bonds is 5. The number of nitrogens with zero attached hydrogens (tertiary/aromatic N) is 1. The molecule has 1 rings (SSSR count). The van der Waals surface area contributed by atoms with Gasteiger partial charge in [0.15, 0.2) is 0 Å². The first kappa shape index (κ1) is 21.7. The molecule has 0 aromatic heterocycles. The van der Waals surface area contributed by atoms with Crippen LogP contribution in [0.25, 0.3) is 0 Å². The van der Waals surface area contributed by atoms with Gasteiger partial charge in [0.05, 0.1) is 7.11 Å². The lowest BCUT2D eigenvalue weighted by molar-refractivity contribution is -0.155. The van der Waals surface area contributed by atoms with Crippen LogP contribution in [-0.2, 0) is 19.6 Å². The van der Waals surface area contributed by atoms with Crippen LogP contribution < -0.4 is 4.74 Å². The highest BCUT2D eigenvalue weighted by Crippen LogP contribution is 2.32. The van der Waals surface area contributed by atoms with Crippen LogP contribution in [0.5, 0.6) is 5.75 Å². The molecule has 0 radical (unpaired) electrons. The molecule has 0 saturated heterocycles. The smallest absolute Gasteiger partial charge is 0.321 e. The molecule has 0 aliphatic carbocycles. The SMILES string of the molecule is COc1ccc(Cl)cc1S(=O)(=O)N(CC(=O)OC(C)(C)C)C(C)(C)C. The zero-order valence-corrected chi connectivity index (χ0v) is 17.3. The first-order chi connectivity index (χ1) is 11.2. The first-order valence-corrected chi connectivity index (χ1v) is 9.58. The normalized spacial score (nSPS) is 13.0. The molecule has 1 aromatic rings. The van der Waals surface area contributed by atoms with Gasteiger partial charge in [-0.3, -0.25) is 4.79 Å². The van der Waals surface area contributed by atoms with Gasteiger partial charge in [-0.1, -0.05) is 11.6 Å². The molecular weight excluding hydrogens is 366 g/mol. The highest BCUT2D eigenvalue weighted by atomic mass is 35.5. The summed E-state index contributed by atoms with van der Waals surface area (Å²) in [5.74, 6) is -0.477. The Kier molecular flexibility index (Phi) is 6.53. The van der Waals surface area contributed by atoms with E-state index in [-0.39, 0.29) is 15.7 Å². The molecule has 0 fully saturated rings. The molecule has 0 N–H and O–H groups in total. The third kappa shape index (κ3) is 5.87. The molecule has 8 heteroatoms. The van der Waals surface area contributed by atoms with E-state index in [1.165, 1.54) is 25.3 Å². The molecular formula is C17H26ClNO5S. The average Bonchev–Trinajstić information content (AvgIpc) is 2.41. The summed E-state index contributed by atoms with van der Waals surface area (Å²) in [6.45, 7) is 9.85. The van der Waals surface area contributed by atoms with Gasteiger partial charge in [-0.05, 0) is 59.7 Å². The van der Waals surface area contributed by atoms with Crippen molar-refractivity contribution in [2.45, 2.75) is 57.6 Å². The van der Waals surface area contributed by atoms with E-state index < -0.39 is 33.7 Å². The third-order valence-electron chi connectivity index (χ3n) is 3.13. The lowest BCUT2D eigenvalue weighted by atomic mass is 10.1. The van der Waals surface area contributed by atoms with Gasteiger partial charge in [-0.15, -0.1) is 0 Å². The van der Waals surface area contributed by atoms with E-state index in [4.69, 9.17) is 21.1 Å². The van der Waals surface area contributed by atoms with Crippen molar-refractivity contribution in [1.29, 1.82) is 0 Å². The Hall–Kier alpha value is -1.31. The average molecular weight is 392 g/mol. The molecule has 0 bridgehead atoms. The fourth-order valence-electron chi connectivity index (χ4n) is 2.14. The Morgan fingerprint density at radius 1 is 1.16 bits per heavy atom. The van der Waals surface area contributed by atoms with Crippen molar-refractivity contribution in [3.63, 3.8) is 0 Å². The Balaban J connectivity index is 3.36. The number of sulfonamides is 1. The van der Waals surface area contributed by atoms with Gasteiger partial charge in [0.2, 0.25) is 10.0 Å². The summed E-state index contributed by atoms with van der Waals surface area (Å²) in [4.78, 5) is 12.1. The summed E-state index contributed by atoms with van der Waals surface area (Å²) in [6, 6.07) is 4.32. The molecule has 0 heterocycles. The van der Waals surface area contributed by atoms with Crippen molar-refractivity contribution in [3.8, 4) is 5.75 Å². The zero-order valence-electron chi connectivity index (χ0n) is 15.7.